The first-order valence-corrected chi connectivity index (χ1v) is 5.59. The lowest BCUT2D eigenvalue weighted by Crippen LogP contribution is -2.41. The number of aromatic nitrogens is 1. The number of pyridine rings is 1. The molecular weight excluding hydrogens is 200 g/mol. The van der Waals surface area contributed by atoms with Gasteiger partial charge in [-0.25, -0.2) is 4.98 Å². The van der Waals surface area contributed by atoms with Crippen LogP contribution in [0.5, 0.6) is 0 Å². The summed E-state index contributed by atoms with van der Waals surface area (Å²) in [6, 6.07) is 3.72. The molecular formula is C13H20N2O. The molecule has 1 heterocycles. The van der Waals surface area contributed by atoms with Crippen LogP contribution in [-0.4, -0.2) is 23.4 Å². The Hall–Kier alpha value is -1.38. The van der Waals surface area contributed by atoms with Crippen molar-refractivity contribution in [2.75, 3.05) is 11.9 Å². The first kappa shape index (κ1) is 12.7. The smallest absolute Gasteiger partial charge is 0.161 e. The van der Waals surface area contributed by atoms with Gasteiger partial charge in [0.1, 0.15) is 5.82 Å². The van der Waals surface area contributed by atoms with Crippen LogP contribution in [0.2, 0.25) is 0 Å². The van der Waals surface area contributed by atoms with Crippen LogP contribution in [0.25, 0.3) is 0 Å². The van der Waals surface area contributed by atoms with E-state index >= 15 is 0 Å². The highest BCUT2D eigenvalue weighted by Crippen LogP contribution is 2.22. The summed E-state index contributed by atoms with van der Waals surface area (Å²) in [7, 11) is 2.03. The highest BCUT2D eigenvalue weighted by Gasteiger charge is 2.22. The van der Waals surface area contributed by atoms with Crippen LogP contribution in [0.3, 0.4) is 0 Å². The van der Waals surface area contributed by atoms with Crippen LogP contribution in [0, 0.1) is 0 Å². The SMILES string of the molecule is CCC(C)(C)N(C)c1ccc(C(C)=O)cn1. The van der Waals surface area contributed by atoms with E-state index in [1.54, 1.807) is 13.1 Å². The molecule has 0 aliphatic rings. The second-order valence-electron chi connectivity index (χ2n) is 4.69. The van der Waals surface area contributed by atoms with Gasteiger partial charge in [-0.2, -0.15) is 0 Å². The van der Waals surface area contributed by atoms with Crippen molar-refractivity contribution in [3.05, 3.63) is 23.9 Å². The third-order valence-corrected chi connectivity index (χ3v) is 3.27. The van der Waals surface area contributed by atoms with E-state index in [-0.39, 0.29) is 11.3 Å². The zero-order valence-electron chi connectivity index (χ0n) is 10.7. The van der Waals surface area contributed by atoms with Gasteiger partial charge < -0.3 is 4.90 Å². The van der Waals surface area contributed by atoms with Gasteiger partial charge in [0.15, 0.2) is 5.78 Å². The molecule has 0 N–H and O–H groups in total. The van der Waals surface area contributed by atoms with Crippen molar-refractivity contribution >= 4 is 11.6 Å². The maximum atomic E-state index is 11.1. The minimum Gasteiger partial charge on any atom is -0.355 e. The summed E-state index contributed by atoms with van der Waals surface area (Å²) in [5.41, 5.74) is 0.733. The van der Waals surface area contributed by atoms with Crippen LogP contribution in [0.4, 0.5) is 5.82 Å². The maximum absolute atomic E-state index is 11.1. The normalized spacial score (nSPS) is 11.3. The molecule has 0 aliphatic carbocycles. The molecule has 1 rings (SSSR count). The Morgan fingerprint density at radius 2 is 2.06 bits per heavy atom. The van der Waals surface area contributed by atoms with Crippen LogP contribution < -0.4 is 4.90 Å². The number of nitrogens with zero attached hydrogens (tertiary/aromatic N) is 2. The molecule has 0 fully saturated rings. The molecule has 0 amide bonds. The summed E-state index contributed by atoms with van der Waals surface area (Å²) in [4.78, 5) is 17.6. The van der Waals surface area contributed by atoms with Crippen molar-refractivity contribution in [3.63, 3.8) is 0 Å². The van der Waals surface area contributed by atoms with Gasteiger partial charge in [0, 0.05) is 24.3 Å². The standard InChI is InChI=1S/C13H20N2O/c1-6-13(3,4)15(5)12-8-7-11(9-14-12)10(2)16/h7-9H,6H2,1-5H3. The Labute approximate surface area is 97.5 Å². The highest BCUT2D eigenvalue weighted by atomic mass is 16.1. The number of hydrogen-bond donors (Lipinski definition) is 0. The predicted molar refractivity (Wildman–Crippen MR) is 67.0 cm³/mol. The third kappa shape index (κ3) is 2.60. The fourth-order valence-electron chi connectivity index (χ4n) is 1.34. The summed E-state index contributed by atoms with van der Waals surface area (Å²) in [5, 5.41) is 0. The van der Waals surface area contributed by atoms with E-state index in [4.69, 9.17) is 0 Å². The largest absolute Gasteiger partial charge is 0.355 e. The lowest BCUT2D eigenvalue weighted by molar-refractivity contribution is 0.101. The Balaban J connectivity index is 2.94. The average Bonchev–Trinajstić information content (AvgIpc) is 2.28. The molecule has 0 saturated heterocycles. The topological polar surface area (TPSA) is 33.2 Å². The van der Waals surface area contributed by atoms with Crippen molar-refractivity contribution in [2.24, 2.45) is 0 Å². The molecule has 1 aromatic rings. The third-order valence-electron chi connectivity index (χ3n) is 3.27. The maximum Gasteiger partial charge on any atom is 0.161 e. The number of anilines is 1. The summed E-state index contributed by atoms with van der Waals surface area (Å²) < 4.78 is 0. The van der Waals surface area contributed by atoms with E-state index in [0.717, 1.165) is 12.2 Å². The first-order chi connectivity index (χ1) is 7.38. The molecule has 3 nitrogen and oxygen atoms in total. The monoisotopic (exact) mass is 220 g/mol. The minimum atomic E-state index is 0.0523. The average molecular weight is 220 g/mol. The molecule has 0 radical (unpaired) electrons. The van der Waals surface area contributed by atoms with Crippen molar-refractivity contribution in [1.82, 2.24) is 4.98 Å². The van der Waals surface area contributed by atoms with Crippen LogP contribution in [-0.2, 0) is 0 Å². The molecule has 1 aromatic heterocycles. The van der Waals surface area contributed by atoms with Gasteiger partial charge in [-0.15, -0.1) is 0 Å². The fraction of sp³-hybridized carbons (Fsp3) is 0.538. The van der Waals surface area contributed by atoms with Crippen molar-refractivity contribution < 1.29 is 4.79 Å². The Bertz CT molecular complexity index is 368. The number of ketones is 1. The van der Waals surface area contributed by atoms with E-state index in [0.29, 0.717) is 5.56 Å². The van der Waals surface area contributed by atoms with Crippen LogP contribution in [0.1, 0.15) is 44.5 Å². The second-order valence-corrected chi connectivity index (χ2v) is 4.69. The van der Waals surface area contributed by atoms with Crippen LogP contribution in [0.15, 0.2) is 18.3 Å². The quantitative estimate of drug-likeness (QED) is 0.731. The van der Waals surface area contributed by atoms with E-state index in [2.05, 4.69) is 30.7 Å². The first-order valence-electron chi connectivity index (χ1n) is 5.59. The highest BCUT2D eigenvalue weighted by molar-refractivity contribution is 5.93. The van der Waals surface area contributed by atoms with E-state index in [1.807, 2.05) is 19.2 Å². The van der Waals surface area contributed by atoms with Crippen LogP contribution >= 0.6 is 0 Å². The van der Waals surface area contributed by atoms with Gasteiger partial charge >= 0.3 is 0 Å². The number of Topliss-reactive ketones (excluding diaryl/α,β-unsaturated/α-hetero) is 1. The zero-order valence-corrected chi connectivity index (χ0v) is 10.7. The van der Waals surface area contributed by atoms with E-state index in [1.165, 1.54) is 0 Å². The van der Waals surface area contributed by atoms with E-state index in [9.17, 15) is 4.79 Å². The van der Waals surface area contributed by atoms with Crippen molar-refractivity contribution in [2.45, 2.75) is 39.7 Å². The van der Waals surface area contributed by atoms with Gasteiger partial charge in [0.25, 0.3) is 0 Å². The van der Waals surface area contributed by atoms with Gasteiger partial charge in [-0.3, -0.25) is 4.79 Å². The Kier molecular flexibility index (Phi) is 3.68. The van der Waals surface area contributed by atoms with E-state index < -0.39 is 0 Å². The molecule has 0 aromatic carbocycles. The van der Waals surface area contributed by atoms with Crippen molar-refractivity contribution in [3.8, 4) is 0 Å². The fourth-order valence-corrected chi connectivity index (χ4v) is 1.34. The van der Waals surface area contributed by atoms with Gasteiger partial charge in [-0.05, 0) is 39.3 Å². The van der Waals surface area contributed by atoms with Gasteiger partial charge in [-0.1, -0.05) is 6.92 Å². The molecule has 0 unspecified atom stereocenters. The van der Waals surface area contributed by atoms with Gasteiger partial charge in [0.2, 0.25) is 0 Å². The molecule has 0 bridgehead atoms. The minimum absolute atomic E-state index is 0.0523. The summed E-state index contributed by atoms with van der Waals surface area (Å²) in [5.74, 6) is 0.952. The molecule has 3 heteroatoms. The second kappa shape index (κ2) is 4.64. The molecule has 16 heavy (non-hydrogen) atoms. The lowest BCUT2D eigenvalue weighted by atomic mass is 10.00. The summed E-state index contributed by atoms with van der Waals surface area (Å²) in [6.45, 7) is 8.05. The van der Waals surface area contributed by atoms with Crippen molar-refractivity contribution in [1.29, 1.82) is 0 Å². The molecule has 0 atom stereocenters. The zero-order chi connectivity index (χ0) is 12.3. The Morgan fingerprint density at radius 3 is 2.44 bits per heavy atom. The summed E-state index contributed by atoms with van der Waals surface area (Å²) in [6.07, 6.45) is 2.68. The molecule has 0 aliphatic heterocycles. The number of carbonyl (C=O) groups excluding carboxylic acids is 1. The summed E-state index contributed by atoms with van der Waals surface area (Å²) >= 11 is 0. The Morgan fingerprint density at radius 1 is 1.44 bits per heavy atom. The number of rotatable bonds is 4. The predicted octanol–water partition coefficient (Wildman–Crippen LogP) is 2.91. The number of hydrogen-bond acceptors (Lipinski definition) is 3. The molecule has 0 saturated carbocycles. The van der Waals surface area contributed by atoms with Gasteiger partial charge in [0.05, 0.1) is 0 Å². The molecule has 88 valence electrons. The number of carbonyl (C=O) groups is 1. The lowest BCUT2D eigenvalue weighted by Gasteiger charge is -2.35. The molecule has 0 spiro atoms.